The van der Waals surface area contributed by atoms with Gasteiger partial charge in [0, 0.05) is 29.8 Å². The van der Waals surface area contributed by atoms with E-state index in [-0.39, 0.29) is 22.9 Å². The number of aromatic nitrogens is 1. The van der Waals surface area contributed by atoms with Crippen molar-refractivity contribution in [3.05, 3.63) is 78.1 Å². The molecule has 142 valence electrons. The van der Waals surface area contributed by atoms with Crippen LogP contribution in [0, 0.1) is 0 Å². The van der Waals surface area contributed by atoms with Crippen LogP contribution in [0.25, 0.3) is 0 Å². The normalized spacial score (nSPS) is 10.1. The number of carbonyl (C=O) groups is 2. The molecular formula is C21H19N3O4. The number of amides is 2. The first-order chi connectivity index (χ1) is 13.6. The second-order valence-electron chi connectivity index (χ2n) is 5.83. The predicted octanol–water partition coefficient (Wildman–Crippen LogP) is 3.60. The van der Waals surface area contributed by atoms with Gasteiger partial charge < -0.3 is 20.1 Å². The summed E-state index contributed by atoms with van der Waals surface area (Å²) >= 11 is 0. The highest BCUT2D eigenvalue weighted by atomic mass is 16.5. The molecule has 0 aliphatic heterocycles. The Morgan fingerprint density at radius 1 is 0.750 bits per heavy atom. The zero-order valence-corrected chi connectivity index (χ0v) is 15.4. The van der Waals surface area contributed by atoms with Crippen LogP contribution in [0.2, 0.25) is 0 Å². The van der Waals surface area contributed by atoms with E-state index >= 15 is 0 Å². The van der Waals surface area contributed by atoms with Crippen LogP contribution in [0.15, 0.2) is 67.0 Å². The highest BCUT2D eigenvalue weighted by Gasteiger charge is 2.12. The van der Waals surface area contributed by atoms with Crippen LogP contribution >= 0.6 is 0 Å². The van der Waals surface area contributed by atoms with Crippen molar-refractivity contribution < 1.29 is 19.1 Å². The van der Waals surface area contributed by atoms with Gasteiger partial charge in [0.25, 0.3) is 11.8 Å². The Morgan fingerprint density at radius 2 is 1.36 bits per heavy atom. The molecule has 28 heavy (non-hydrogen) atoms. The molecule has 2 N–H and O–H groups in total. The van der Waals surface area contributed by atoms with Crippen LogP contribution in [-0.2, 0) is 0 Å². The molecule has 3 aromatic rings. The number of hydrogen-bond donors (Lipinski definition) is 2. The van der Waals surface area contributed by atoms with Gasteiger partial charge in [-0.2, -0.15) is 0 Å². The third-order valence-electron chi connectivity index (χ3n) is 3.94. The maximum atomic E-state index is 12.5. The van der Waals surface area contributed by atoms with Gasteiger partial charge >= 0.3 is 0 Å². The SMILES string of the molecule is COc1ccc(NC(=O)c2cncc(C(=O)Nc3cccc(OC)c3)c2)cc1. The lowest BCUT2D eigenvalue weighted by Crippen LogP contribution is -2.16. The average molecular weight is 377 g/mol. The molecule has 2 aromatic carbocycles. The standard InChI is InChI=1S/C21H19N3O4/c1-27-18-8-6-16(7-9-18)23-20(25)14-10-15(13-22-12-14)21(26)24-17-4-3-5-19(11-17)28-2/h3-13H,1-2H3,(H,23,25)(H,24,26). The molecule has 2 amide bonds. The number of benzene rings is 2. The predicted molar refractivity (Wildman–Crippen MR) is 106 cm³/mol. The van der Waals surface area contributed by atoms with Crippen molar-refractivity contribution in [2.75, 3.05) is 24.9 Å². The van der Waals surface area contributed by atoms with Crippen LogP contribution in [0.5, 0.6) is 11.5 Å². The molecule has 0 bridgehead atoms. The van der Waals surface area contributed by atoms with Crippen molar-refractivity contribution in [3.63, 3.8) is 0 Å². The molecule has 0 saturated heterocycles. The quantitative estimate of drug-likeness (QED) is 0.685. The Labute approximate surface area is 162 Å². The van der Waals surface area contributed by atoms with Crippen LogP contribution < -0.4 is 20.1 Å². The number of nitrogens with one attached hydrogen (secondary N) is 2. The van der Waals surface area contributed by atoms with Crippen LogP contribution in [0.3, 0.4) is 0 Å². The molecule has 0 atom stereocenters. The Balaban J connectivity index is 1.71. The number of methoxy groups -OCH3 is 2. The molecule has 0 radical (unpaired) electrons. The van der Waals surface area contributed by atoms with Gasteiger partial charge in [0.1, 0.15) is 11.5 Å². The zero-order chi connectivity index (χ0) is 19.9. The summed E-state index contributed by atoms with van der Waals surface area (Å²) in [5.74, 6) is 0.577. The topological polar surface area (TPSA) is 89.5 Å². The fraction of sp³-hybridized carbons (Fsp3) is 0.0952. The Hall–Kier alpha value is -3.87. The first-order valence-electron chi connectivity index (χ1n) is 8.45. The van der Waals surface area contributed by atoms with E-state index < -0.39 is 0 Å². The highest BCUT2D eigenvalue weighted by Crippen LogP contribution is 2.18. The lowest BCUT2D eigenvalue weighted by Gasteiger charge is -2.09. The number of carbonyl (C=O) groups excluding carboxylic acids is 2. The van der Waals surface area contributed by atoms with E-state index in [1.165, 1.54) is 18.5 Å². The van der Waals surface area contributed by atoms with Gasteiger partial charge in [0.15, 0.2) is 0 Å². The third kappa shape index (κ3) is 4.64. The molecule has 1 heterocycles. The fourth-order valence-corrected chi connectivity index (χ4v) is 2.47. The van der Waals surface area contributed by atoms with Gasteiger partial charge in [-0.05, 0) is 42.5 Å². The van der Waals surface area contributed by atoms with Crippen molar-refractivity contribution in [2.45, 2.75) is 0 Å². The minimum Gasteiger partial charge on any atom is -0.497 e. The monoisotopic (exact) mass is 377 g/mol. The molecule has 7 nitrogen and oxygen atoms in total. The van der Waals surface area contributed by atoms with E-state index in [1.54, 1.807) is 62.8 Å². The molecular weight excluding hydrogens is 358 g/mol. The molecule has 0 fully saturated rings. The molecule has 0 saturated carbocycles. The largest absolute Gasteiger partial charge is 0.497 e. The van der Waals surface area contributed by atoms with Crippen molar-refractivity contribution >= 4 is 23.2 Å². The molecule has 7 heteroatoms. The van der Waals surface area contributed by atoms with Crippen molar-refractivity contribution in [1.29, 1.82) is 0 Å². The van der Waals surface area contributed by atoms with Crippen LogP contribution in [-0.4, -0.2) is 31.0 Å². The number of hydrogen-bond acceptors (Lipinski definition) is 5. The maximum Gasteiger partial charge on any atom is 0.257 e. The van der Waals surface area contributed by atoms with Crippen molar-refractivity contribution in [2.24, 2.45) is 0 Å². The van der Waals surface area contributed by atoms with Crippen molar-refractivity contribution in [3.8, 4) is 11.5 Å². The second-order valence-corrected chi connectivity index (χ2v) is 5.83. The average Bonchev–Trinajstić information content (AvgIpc) is 2.74. The molecule has 1 aromatic heterocycles. The number of rotatable bonds is 6. The van der Waals surface area contributed by atoms with Gasteiger partial charge in [0.2, 0.25) is 0 Å². The Bertz CT molecular complexity index is 987. The van der Waals surface area contributed by atoms with E-state index in [0.29, 0.717) is 22.9 Å². The summed E-state index contributed by atoms with van der Waals surface area (Å²) in [5, 5.41) is 5.51. The van der Waals surface area contributed by atoms with E-state index in [4.69, 9.17) is 9.47 Å². The van der Waals surface area contributed by atoms with Crippen LogP contribution in [0.4, 0.5) is 11.4 Å². The zero-order valence-electron chi connectivity index (χ0n) is 15.4. The van der Waals surface area contributed by atoms with E-state index in [2.05, 4.69) is 15.6 Å². The Morgan fingerprint density at radius 3 is 1.96 bits per heavy atom. The van der Waals surface area contributed by atoms with E-state index in [1.807, 2.05) is 0 Å². The van der Waals surface area contributed by atoms with Gasteiger partial charge in [-0.1, -0.05) is 6.07 Å². The summed E-state index contributed by atoms with van der Waals surface area (Å²) in [5.41, 5.74) is 1.73. The van der Waals surface area contributed by atoms with Crippen molar-refractivity contribution in [1.82, 2.24) is 4.98 Å². The third-order valence-corrected chi connectivity index (χ3v) is 3.94. The molecule has 0 aliphatic rings. The molecule has 0 aliphatic carbocycles. The van der Waals surface area contributed by atoms with Crippen LogP contribution in [0.1, 0.15) is 20.7 Å². The summed E-state index contributed by atoms with van der Waals surface area (Å²) in [6.07, 6.45) is 2.81. The van der Waals surface area contributed by atoms with E-state index in [9.17, 15) is 9.59 Å². The number of nitrogens with zero attached hydrogens (tertiary/aromatic N) is 1. The summed E-state index contributed by atoms with van der Waals surface area (Å²) in [6.45, 7) is 0. The molecule has 3 rings (SSSR count). The van der Waals surface area contributed by atoms with Gasteiger partial charge in [-0.15, -0.1) is 0 Å². The van der Waals surface area contributed by atoms with E-state index in [0.717, 1.165) is 0 Å². The Kier molecular flexibility index (Phi) is 5.86. The lowest BCUT2D eigenvalue weighted by molar-refractivity contribution is 0.102. The minimum absolute atomic E-state index is 0.269. The first kappa shape index (κ1) is 18.9. The van der Waals surface area contributed by atoms with Gasteiger partial charge in [-0.3, -0.25) is 14.6 Å². The minimum atomic E-state index is -0.375. The second kappa shape index (κ2) is 8.68. The summed E-state index contributed by atoms with van der Waals surface area (Å²) in [4.78, 5) is 28.9. The lowest BCUT2D eigenvalue weighted by atomic mass is 10.1. The number of pyridine rings is 1. The fourth-order valence-electron chi connectivity index (χ4n) is 2.47. The smallest absolute Gasteiger partial charge is 0.257 e. The number of ether oxygens (including phenoxy) is 2. The summed E-state index contributed by atoms with van der Waals surface area (Å²) in [6, 6.07) is 15.4. The molecule has 0 spiro atoms. The first-order valence-corrected chi connectivity index (χ1v) is 8.45. The van der Waals surface area contributed by atoms with Gasteiger partial charge in [-0.25, -0.2) is 0 Å². The highest BCUT2D eigenvalue weighted by molar-refractivity contribution is 6.08. The molecule has 0 unspecified atom stereocenters. The maximum absolute atomic E-state index is 12.5. The van der Waals surface area contributed by atoms with Gasteiger partial charge in [0.05, 0.1) is 25.3 Å². The number of anilines is 2. The summed E-state index contributed by atoms with van der Waals surface area (Å²) < 4.78 is 10.2. The summed E-state index contributed by atoms with van der Waals surface area (Å²) in [7, 11) is 3.12.